The van der Waals surface area contributed by atoms with Crippen molar-refractivity contribution < 1.29 is 42.1 Å². The minimum Gasteiger partial charge on any atom is -0.756 e. The first kappa shape index (κ1) is 94.8. The van der Waals surface area contributed by atoms with Crippen LogP contribution in [0.1, 0.15) is 476 Å². The maximum Gasteiger partial charge on any atom is 0.306 e. The number of nitrogens with zero attached hydrogens (tertiary/aromatic N) is 1. The number of ether oxygens (including phenoxy) is 2. The second-order valence-corrected chi connectivity index (χ2v) is 32.7. The standard InChI is InChI=1S/C86H170NO8P/c1-6-8-10-12-14-16-18-20-22-24-26-28-30-32-34-36-38-39-40-41-42-43-44-45-46-47-49-50-52-54-56-58-60-62-64-66-68-70-72-74-76-78-85(88)92-82-84(83-94-96(90,91)93-81-80-87(3,4)5)95-86(89)79-77-75-73-71-69-67-65-63-61-59-57-55-53-51-48-37-35-33-31-29-27-25-23-21-19-17-15-13-11-9-7-2/h25,27,84H,6-24,26,28-83H2,1-5H3/b27-25-. The molecule has 0 aromatic rings. The number of phosphoric acid groups is 1. The number of unbranched alkanes of at least 4 members (excludes halogenated alkanes) is 67. The largest absolute Gasteiger partial charge is 0.756 e. The van der Waals surface area contributed by atoms with Crippen LogP contribution in [-0.2, 0) is 32.7 Å². The summed E-state index contributed by atoms with van der Waals surface area (Å²) >= 11 is 0. The van der Waals surface area contributed by atoms with Crippen molar-refractivity contribution in [3.05, 3.63) is 12.2 Å². The molecule has 9 nitrogen and oxygen atoms in total. The molecule has 0 saturated heterocycles. The van der Waals surface area contributed by atoms with Gasteiger partial charge in [0.2, 0.25) is 0 Å². The predicted octanol–water partition coefficient (Wildman–Crippen LogP) is 28.3. The van der Waals surface area contributed by atoms with Crippen molar-refractivity contribution in [3.8, 4) is 0 Å². The van der Waals surface area contributed by atoms with Crippen LogP contribution in [0.2, 0.25) is 0 Å². The van der Waals surface area contributed by atoms with E-state index >= 15 is 0 Å². The lowest BCUT2D eigenvalue weighted by atomic mass is 10.0. The Morgan fingerprint density at radius 2 is 0.531 bits per heavy atom. The van der Waals surface area contributed by atoms with Gasteiger partial charge >= 0.3 is 11.9 Å². The third-order valence-electron chi connectivity index (χ3n) is 20.3. The monoisotopic (exact) mass is 1380 g/mol. The highest BCUT2D eigenvalue weighted by Gasteiger charge is 2.22. The van der Waals surface area contributed by atoms with E-state index in [4.69, 9.17) is 18.5 Å². The molecule has 2 atom stereocenters. The highest BCUT2D eigenvalue weighted by molar-refractivity contribution is 7.45. The molecule has 2 unspecified atom stereocenters. The number of phosphoric ester groups is 1. The van der Waals surface area contributed by atoms with Crippen LogP contribution in [0.5, 0.6) is 0 Å². The van der Waals surface area contributed by atoms with Gasteiger partial charge in [0, 0.05) is 12.8 Å². The van der Waals surface area contributed by atoms with Crippen LogP contribution in [0.4, 0.5) is 0 Å². The van der Waals surface area contributed by atoms with Gasteiger partial charge in [0.1, 0.15) is 19.8 Å². The number of hydrogen-bond donors (Lipinski definition) is 0. The molecule has 96 heavy (non-hydrogen) atoms. The van der Waals surface area contributed by atoms with E-state index in [2.05, 4.69) is 26.0 Å². The predicted molar refractivity (Wildman–Crippen MR) is 416 cm³/mol. The summed E-state index contributed by atoms with van der Waals surface area (Å²) < 4.78 is 34.5. The fraction of sp³-hybridized carbons (Fsp3) is 0.953. The number of esters is 2. The number of carbonyl (C=O) groups is 2. The number of likely N-dealkylation sites (N-methyl/N-ethyl adjacent to an activating group) is 1. The van der Waals surface area contributed by atoms with Crippen molar-refractivity contribution >= 4 is 19.8 Å². The van der Waals surface area contributed by atoms with Crippen LogP contribution in [0.15, 0.2) is 12.2 Å². The van der Waals surface area contributed by atoms with Crippen molar-refractivity contribution in [2.45, 2.75) is 482 Å². The number of rotatable bonds is 83. The fourth-order valence-electron chi connectivity index (χ4n) is 13.7. The Labute approximate surface area is 600 Å². The molecule has 0 bridgehead atoms. The molecule has 0 aliphatic carbocycles. The lowest BCUT2D eigenvalue weighted by Crippen LogP contribution is -2.37. The summed E-state index contributed by atoms with van der Waals surface area (Å²) in [6, 6.07) is 0. The lowest BCUT2D eigenvalue weighted by molar-refractivity contribution is -0.870. The van der Waals surface area contributed by atoms with E-state index in [0.29, 0.717) is 17.4 Å². The van der Waals surface area contributed by atoms with E-state index in [9.17, 15) is 19.0 Å². The summed E-state index contributed by atoms with van der Waals surface area (Å²) in [4.78, 5) is 38.2. The van der Waals surface area contributed by atoms with E-state index in [-0.39, 0.29) is 32.0 Å². The third kappa shape index (κ3) is 81.7. The second-order valence-electron chi connectivity index (χ2n) is 31.3. The van der Waals surface area contributed by atoms with E-state index in [1.165, 1.54) is 411 Å². The summed E-state index contributed by atoms with van der Waals surface area (Å²) in [5, 5.41) is 0. The van der Waals surface area contributed by atoms with Gasteiger partial charge in [-0.15, -0.1) is 0 Å². The zero-order valence-electron chi connectivity index (χ0n) is 65.6. The molecule has 0 aromatic heterocycles. The van der Waals surface area contributed by atoms with Gasteiger partial charge in [-0.25, -0.2) is 0 Å². The van der Waals surface area contributed by atoms with Crippen LogP contribution in [0, 0.1) is 0 Å². The molecular weight excluding hydrogens is 1210 g/mol. The van der Waals surface area contributed by atoms with Gasteiger partial charge in [0.05, 0.1) is 27.7 Å². The zero-order chi connectivity index (χ0) is 69.7. The SMILES string of the molecule is CCCCCCCCCC/C=C\CCCCCCCCCCCCCCCCCCCCCC(=O)OC(COC(=O)CCCCCCCCCCCCCCCCCCCCCCCCCCCCCCCCCCCCCCCCCCC)COP(=O)([O-])OCC[N+](C)(C)C. The molecule has 0 aliphatic heterocycles. The van der Waals surface area contributed by atoms with Crippen LogP contribution >= 0.6 is 7.82 Å². The summed E-state index contributed by atoms with van der Waals surface area (Å²) in [7, 11) is 1.20. The summed E-state index contributed by atoms with van der Waals surface area (Å²) in [5.41, 5.74) is 0. The van der Waals surface area contributed by atoms with Gasteiger partial charge in [-0.2, -0.15) is 0 Å². The molecule has 0 saturated carbocycles. The number of hydrogen-bond acceptors (Lipinski definition) is 8. The van der Waals surface area contributed by atoms with E-state index in [1.54, 1.807) is 0 Å². The van der Waals surface area contributed by atoms with E-state index in [1.807, 2.05) is 21.1 Å². The minimum atomic E-state index is -4.64. The molecule has 0 N–H and O–H groups in total. The van der Waals surface area contributed by atoms with E-state index < -0.39 is 26.5 Å². The number of carbonyl (C=O) groups excluding carboxylic acids is 2. The van der Waals surface area contributed by atoms with Crippen molar-refractivity contribution in [2.75, 3.05) is 47.5 Å². The quantitative estimate of drug-likeness (QED) is 0.0195. The molecule has 0 heterocycles. The average molecular weight is 1380 g/mol. The second kappa shape index (κ2) is 77.9. The van der Waals surface area contributed by atoms with Gasteiger partial charge in [0.15, 0.2) is 6.10 Å². The van der Waals surface area contributed by atoms with Crippen LogP contribution < -0.4 is 4.89 Å². The highest BCUT2D eigenvalue weighted by atomic mass is 31.2. The topological polar surface area (TPSA) is 111 Å². The van der Waals surface area contributed by atoms with Crippen molar-refractivity contribution in [2.24, 2.45) is 0 Å². The molecular formula is C86H170NO8P. The minimum absolute atomic E-state index is 0.0256. The van der Waals surface area contributed by atoms with Gasteiger partial charge in [-0.1, -0.05) is 437 Å². The molecule has 0 aromatic carbocycles. The van der Waals surface area contributed by atoms with Crippen LogP contribution in [0.25, 0.3) is 0 Å². The molecule has 0 spiro atoms. The first-order valence-corrected chi connectivity index (χ1v) is 44.9. The molecule has 0 aliphatic rings. The van der Waals surface area contributed by atoms with Gasteiger partial charge in [-0.05, 0) is 38.5 Å². The molecule has 0 rings (SSSR count). The molecule has 572 valence electrons. The van der Waals surface area contributed by atoms with Crippen LogP contribution in [-0.4, -0.2) is 70.0 Å². The normalized spacial score (nSPS) is 12.9. The molecule has 0 radical (unpaired) electrons. The van der Waals surface area contributed by atoms with Crippen molar-refractivity contribution in [3.63, 3.8) is 0 Å². The number of quaternary nitrogens is 1. The third-order valence-corrected chi connectivity index (χ3v) is 21.2. The maximum absolute atomic E-state index is 12.9. The van der Waals surface area contributed by atoms with Gasteiger partial charge in [0.25, 0.3) is 7.82 Å². The summed E-state index contributed by atoms with van der Waals surface area (Å²) in [6.07, 6.45) is 99.5. The zero-order valence-corrected chi connectivity index (χ0v) is 66.5. The lowest BCUT2D eigenvalue weighted by Gasteiger charge is -2.28. The Kier molecular flexibility index (Phi) is 76.9. The van der Waals surface area contributed by atoms with E-state index in [0.717, 1.165) is 32.1 Å². The summed E-state index contributed by atoms with van der Waals surface area (Å²) in [5.74, 6) is -0.802. The van der Waals surface area contributed by atoms with Crippen molar-refractivity contribution in [1.29, 1.82) is 0 Å². The number of allylic oxidation sites excluding steroid dienone is 2. The Balaban J connectivity index is 3.83. The maximum atomic E-state index is 12.9. The summed E-state index contributed by atoms with van der Waals surface area (Å²) in [6.45, 7) is 4.34. The fourth-order valence-corrected chi connectivity index (χ4v) is 14.4. The molecule has 0 fully saturated rings. The van der Waals surface area contributed by atoms with Crippen LogP contribution in [0.3, 0.4) is 0 Å². The Morgan fingerprint density at radius 1 is 0.312 bits per heavy atom. The Hall–Kier alpha value is -1.25. The Morgan fingerprint density at radius 3 is 0.771 bits per heavy atom. The molecule has 10 heteroatoms. The first-order chi connectivity index (χ1) is 47.0. The average Bonchev–Trinajstić information content (AvgIpc) is 1.97. The van der Waals surface area contributed by atoms with Crippen molar-refractivity contribution in [1.82, 2.24) is 0 Å². The molecule has 0 amide bonds. The first-order valence-electron chi connectivity index (χ1n) is 43.4. The Bertz CT molecular complexity index is 1620. The van der Waals surface area contributed by atoms with Gasteiger partial charge in [-0.3, -0.25) is 14.2 Å². The highest BCUT2D eigenvalue weighted by Crippen LogP contribution is 2.38. The smallest absolute Gasteiger partial charge is 0.306 e. The van der Waals surface area contributed by atoms with Gasteiger partial charge < -0.3 is 27.9 Å².